The predicted octanol–water partition coefficient (Wildman–Crippen LogP) is -0.246. The third-order valence-electron chi connectivity index (χ3n) is 2.56. The molecule has 0 saturated carbocycles. The smallest absolute Gasteiger partial charge is 0.328 e. The zero-order chi connectivity index (χ0) is 13.0. The van der Waals surface area contributed by atoms with Gasteiger partial charge in [0.1, 0.15) is 0 Å². The van der Waals surface area contributed by atoms with E-state index in [0.717, 1.165) is 6.08 Å². The lowest BCUT2D eigenvalue weighted by Crippen LogP contribution is -2.58. The number of carbonyl (C=O) groups excluding carboxylic acids is 2. The number of hydrogen-bond acceptors (Lipinski definition) is 4. The molecule has 1 aliphatic heterocycles. The molecule has 1 fully saturated rings. The minimum absolute atomic E-state index is 0.120. The molecule has 1 rings (SSSR count). The van der Waals surface area contributed by atoms with Crippen molar-refractivity contribution in [1.29, 1.82) is 0 Å². The Morgan fingerprint density at radius 1 is 1.59 bits per heavy atom. The van der Waals surface area contributed by atoms with E-state index in [9.17, 15) is 14.4 Å². The summed E-state index contributed by atoms with van der Waals surface area (Å²) in [6.07, 6.45) is 1.67. The van der Waals surface area contributed by atoms with Crippen LogP contribution in [0.2, 0.25) is 0 Å². The van der Waals surface area contributed by atoms with Gasteiger partial charge >= 0.3 is 5.97 Å². The Morgan fingerprint density at radius 3 is 2.76 bits per heavy atom. The van der Waals surface area contributed by atoms with E-state index in [1.807, 2.05) is 6.92 Å². The van der Waals surface area contributed by atoms with Crippen molar-refractivity contribution in [3.63, 3.8) is 0 Å². The van der Waals surface area contributed by atoms with Crippen LogP contribution in [0.4, 0.5) is 0 Å². The van der Waals surface area contributed by atoms with E-state index in [0.29, 0.717) is 18.5 Å². The highest BCUT2D eigenvalue weighted by Crippen LogP contribution is 2.11. The van der Waals surface area contributed by atoms with Gasteiger partial charge in [0, 0.05) is 12.6 Å². The number of hydrogen-bond donors (Lipinski definition) is 2. The molecule has 2 N–H and O–H groups in total. The molecule has 94 valence electrons. The molecule has 1 aliphatic rings. The summed E-state index contributed by atoms with van der Waals surface area (Å²) in [4.78, 5) is 35.0. The third kappa shape index (κ3) is 3.67. The fourth-order valence-corrected chi connectivity index (χ4v) is 1.91. The van der Waals surface area contributed by atoms with Gasteiger partial charge in [-0.15, -0.1) is 0 Å². The van der Waals surface area contributed by atoms with Crippen LogP contribution in [0.25, 0.3) is 0 Å². The second-order valence-electron chi connectivity index (χ2n) is 4.07. The molecule has 1 saturated heterocycles. The van der Waals surface area contributed by atoms with Crippen LogP contribution in [0.5, 0.6) is 0 Å². The molecular weight excluding hydrogens is 224 g/mol. The zero-order valence-electron chi connectivity index (χ0n) is 9.90. The SMILES string of the molecule is CCC1C(=O)NC(=O)CN1CC(C)=CC(=O)O. The number of aliphatic carboxylic acids is 1. The second kappa shape index (κ2) is 5.58. The summed E-state index contributed by atoms with van der Waals surface area (Å²) in [5.41, 5.74) is 0.610. The predicted molar refractivity (Wildman–Crippen MR) is 60.2 cm³/mol. The molecule has 1 atom stereocenters. The molecule has 0 spiro atoms. The summed E-state index contributed by atoms with van der Waals surface area (Å²) in [6, 6.07) is -0.371. The summed E-state index contributed by atoms with van der Waals surface area (Å²) in [7, 11) is 0. The maximum atomic E-state index is 11.5. The minimum atomic E-state index is -1.02. The van der Waals surface area contributed by atoms with Crippen LogP contribution in [0.15, 0.2) is 11.6 Å². The Labute approximate surface area is 99.3 Å². The van der Waals surface area contributed by atoms with Gasteiger partial charge in [0.15, 0.2) is 0 Å². The minimum Gasteiger partial charge on any atom is -0.478 e. The van der Waals surface area contributed by atoms with Crippen molar-refractivity contribution in [3.05, 3.63) is 11.6 Å². The monoisotopic (exact) mass is 240 g/mol. The van der Waals surface area contributed by atoms with Gasteiger partial charge in [0.2, 0.25) is 11.8 Å². The summed E-state index contributed by atoms with van der Waals surface area (Å²) in [5, 5.41) is 10.9. The van der Waals surface area contributed by atoms with Gasteiger partial charge in [-0.3, -0.25) is 19.8 Å². The first-order valence-electron chi connectivity index (χ1n) is 5.42. The Hall–Kier alpha value is -1.69. The van der Waals surface area contributed by atoms with E-state index in [-0.39, 0.29) is 24.4 Å². The van der Waals surface area contributed by atoms with E-state index in [2.05, 4.69) is 5.32 Å². The molecule has 0 bridgehead atoms. The lowest BCUT2D eigenvalue weighted by atomic mass is 10.1. The molecule has 1 heterocycles. The Kier molecular flexibility index (Phi) is 4.39. The topological polar surface area (TPSA) is 86.7 Å². The van der Waals surface area contributed by atoms with Gasteiger partial charge in [-0.2, -0.15) is 0 Å². The Bertz CT molecular complexity index is 376. The summed E-state index contributed by atoms with van der Waals surface area (Å²) >= 11 is 0. The summed E-state index contributed by atoms with van der Waals surface area (Å²) < 4.78 is 0. The highest BCUT2D eigenvalue weighted by atomic mass is 16.4. The fraction of sp³-hybridized carbons (Fsp3) is 0.545. The number of amides is 2. The number of carboxylic acid groups (broad SMARTS) is 1. The van der Waals surface area contributed by atoms with Gasteiger partial charge in [-0.05, 0) is 13.3 Å². The second-order valence-corrected chi connectivity index (χ2v) is 4.07. The third-order valence-corrected chi connectivity index (χ3v) is 2.56. The Balaban J connectivity index is 2.76. The number of imide groups is 1. The quantitative estimate of drug-likeness (QED) is 0.523. The van der Waals surface area contributed by atoms with Gasteiger partial charge in [-0.25, -0.2) is 4.79 Å². The maximum Gasteiger partial charge on any atom is 0.328 e. The molecular formula is C11H16N2O4. The van der Waals surface area contributed by atoms with Crippen LogP contribution in [0, 0.1) is 0 Å². The Morgan fingerprint density at radius 2 is 2.24 bits per heavy atom. The molecule has 6 nitrogen and oxygen atoms in total. The molecule has 6 heteroatoms. The van der Waals surface area contributed by atoms with Crippen LogP contribution in [-0.2, 0) is 14.4 Å². The number of carbonyl (C=O) groups is 3. The molecule has 0 aromatic heterocycles. The van der Waals surface area contributed by atoms with Crippen molar-refractivity contribution in [2.75, 3.05) is 13.1 Å². The van der Waals surface area contributed by atoms with Gasteiger partial charge in [0.05, 0.1) is 12.6 Å². The number of rotatable bonds is 4. The van der Waals surface area contributed by atoms with Crippen molar-refractivity contribution < 1.29 is 19.5 Å². The van der Waals surface area contributed by atoms with Crippen molar-refractivity contribution in [2.24, 2.45) is 0 Å². The van der Waals surface area contributed by atoms with Gasteiger partial charge < -0.3 is 5.11 Å². The van der Waals surface area contributed by atoms with Crippen molar-refractivity contribution in [3.8, 4) is 0 Å². The highest BCUT2D eigenvalue weighted by Gasteiger charge is 2.32. The average molecular weight is 240 g/mol. The van der Waals surface area contributed by atoms with Crippen LogP contribution in [-0.4, -0.2) is 46.9 Å². The van der Waals surface area contributed by atoms with Crippen molar-refractivity contribution in [2.45, 2.75) is 26.3 Å². The number of piperazine rings is 1. The van der Waals surface area contributed by atoms with E-state index in [1.54, 1.807) is 11.8 Å². The molecule has 17 heavy (non-hydrogen) atoms. The summed E-state index contributed by atoms with van der Waals surface area (Å²) in [5.74, 6) is -1.68. The van der Waals surface area contributed by atoms with Crippen LogP contribution >= 0.6 is 0 Å². The lowest BCUT2D eigenvalue weighted by Gasteiger charge is -2.33. The molecule has 0 aromatic rings. The van der Waals surface area contributed by atoms with E-state index < -0.39 is 5.97 Å². The van der Waals surface area contributed by atoms with Gasteiger partial charge in [0.25, 0.3) is 0 Å². The molecule has 0 aromatic carbocycles. The van der Waals surface area contributed by atoms with Crippen molar-refractivity contribution >= 4 is 17.8 Å². The maximum absolute atomic E-state index is 11.5. The fourth-order valence-electron chi connectivity index (χ4n) is 1.91. The first kappa shape index (κ1) is 13.4. The normalized spacial score (nSPS) is 22.5. The average Bonchev–Trinajstić information content (AvgIpc) is 2.15. The van der Waals surface area contributed by atoms with E-state index in [4.69, 9.17) is 5.11 Å². The van der Waals surface area contributed by atoms with Crippen LogP contribution in [0.1, 0.15) is 20.3 Å². The lowest BCUT2D eigenvalue weighted by molar-refractivity contribution is -0.139. The highest BCUT2D eigenvalue weighted by molar-refractivity contribution is 6.01. The van der Waals surface area contributed by atoms with E-state index in [1.165, 1.54) is 0 Å². The van der Waals surface area contributed by atoms with Crippen LogP contribution in [0.3, 0.4) is 0 Å². The standard InChI is InChI=1S/C11H16N2O4/c1-3-8-11(17)12-9(14)6-13(8)5-7(2)4-10(15)16/h4,8H,3,5-6H2,1-2H3,(H,15,16)(H,12,14,17). The first-order valence-corrected chi connectivity index (χ1v) is 5.42. The molecule has 0 aliphatic carbocycles. The number of nitrogens with one attached hydrogen (secondary N) is 1. The zero-order valence-corrected chi connectivity index (χ0v) is 9.90. The van der Waals surface area contributed by atoms with E-state index >= 15 is 0 Å². The molecule has 1 unspecified atom stereocenters. The van der Waals surface area contributed by atoms with Gasteiger partial charge in [-0.1, -0.05) is 12.5 Å². The molecule has 2 amide bonds. The largest absolute Gasteiger partial charge is 0.478 e. The molecule has 0 radical (unpaired) electrons. The number of nitrogens with zero attached hydrogens (tertiary/aromatic N) is 1. The van der Waals surface area contributed by atoms with Crippen molar-refractivity contribution in [1.82, 2.24) is 10.2 Å². The van der Waals surface area contributed by atoms with Crippen LogP contribution < -0.4 is 5.32 Å². The number of carboxylic acids is 1. The summed E-state index contributed by atoms with van der Waals surface area (Å²) in [6.45, 7) is 3.94. The first-order chi connectivity index (χ1) is 7.93.